The predicted molar refractivity (Wildman–Crippen MR) is 74.2 cm³/mol. The molecule has 1 N–H and O–H groups in total. The standard InChI is InChI=1S/C14H11N3O4/c18-14(19)9-1-2-10-7-16(8-11(10)5-9)13-6-12(17(20)21)3-4-15-13/h1-6H,7-8H2,(H,18,19). The molecular weight excluding hydrogens is 274 g/mol. The fourth-order valence-corrected chi connectivity index (χ4v) is 2.38. The highest BCUT2D eigenvalue weighted by molar-refractivity contribution is 5.88. The van der Waals surface area contributed by atoms with Crippen LogP contribution < -0.4 is 4.90 Å². The van der Waals surface area contributed by atoms with Crippen LogP contribution in [-0.4, -0.2) is 21.0 Å². The Balaban J connectivity index is 1.89. The maximum Gasteiger partial charge on any atom is 0.335 e. The van der Waals surface area contributed by atoms with Crippen molar-refractivity contribution in [3.05, 3.63) is 63.3 Å². The zero-order valence-electron chi connectivity index (χ0n) is 10.9. The summed E-state index contributed by atoms with van der Waals surface area (Å²) >= 11 is 0. The molecule has 0 amide bonds. The van der Waals surface area contributed by atoms with Crippen LogP contribution in [0.15, 0.2) is 36.5 Å². The molecule has 0 bridgehead atoms. The van der Waals surface area contributed by atoms with Crippen molar-refractivity contribution in [2.45, 2.75) is 13.1 Å². The summed E-state index contributed by atoms with van der Waals surface area (Å²) in [4.78, 5) is 27.3. The van der Waals surface area contributed by atoms with Crippen LogP contribution in [0.4, 0.5) is 11.5 Å². The molecule has 1 aliphatic heterocycles. The number of hydrogen-bond acceptors (Lipinski definition) is 5. The van der Waals surface area contributed by atoms with E-state index in [-0.39, 0.29) is 11.3 Å². The van der Waals surface area contributed by atoms with Gasteiger partial charge in [0.2, 0.25) is 0 Å². The third-order valence-electron chi connectivity index (χ3n) is 3.44. The lowest BCUT2D eigenvalue weighted by molar-refractivity contribution is -0.384. The molecule has 0 fully saturated rings. The summed E-state index contributed by atoms with van der Waals surface area (Å²) in [5, 5.41) is 19.8. The molecule has 21 heavy (non-hydrogen) atoms. The van der Waals surface area contributed by atoms with Gasteiger partial charge in [0, 0.05) is 25.4 Å². The first kappa shape index (κ1) is 13.0. The zero-order valence-corrected chi connectivity index (χ0v) is 10.9. The van der Waals surface area contributed by atoms with Crippen LogP contribution in [0.2, 0.25) is 0 Å². The van der Waals surface area contributed by atoms with Crippen LogP contribution >= 0.6 is 0 Å². The Morgan fingerprint density at radius 1 is 1.24 bits per heavy atom. The minimum absolute atomic E-state index is 0.0119. The van der Waals surface area contributed by atoms with Crippen molar-refractivity contribution < 1.29 is 14.8 Å². The third kappa shape index (κ3) is 2.40. The summed E-state index contributed by atoms with van der Waals surface area (Å²) in [6, 6.07) is 7.73. The zero-order chi connectivity index (χ0) is 15.0. The number of nitro groups is 1. The number of carboxylic acids is 1. The molecule has 3 rings (SSSR count). The number of aromatic carboxylic acids is 1. The quantitative estimate of drug-likeness (QED) is 0.686. The van der Waals surface area contributed by atoms with E-state index in [1.54, 1.807) is 18.2 Å². The maximum absolute atomic E-state index is 11.0. The minimum atomic E-state index is -0.968. The van der Waals surface area contributed by atoms with Gasteiger partial charge >= 0.3 is 5.97 Å². The Kier molecular flexibility index (Phi) is 3.02. The van der Waals surface area contributed by atoms with E-state index in [0.717, 1.165) is 11.1 Å². The second-order valence-electron chi connectivity index (χ2n) is 4.77. The van der Waals surface area contributed by atoms with Crippen molar-refractivity contribution in [1.29, 1.82) is 0 Å². The predicted octanol–water partition coefficient (Wildman–Crippen LogP) is 2.21. The second-order valence-corrected chi connectivity index (χ2v) is 4.77. The van der Waals surface area contributed by atoms with Crippen LogP contribution in [0.5, 0.6) is 0 Å². The summed E-state index contributed by atoms with van der Waals surface area (Å²) < 4.78 is 0. The summed E-state index contributed by atoms with van der Waals surface area (Å²) in [6.45, 7) is 1.05. The molecule has 0 spiro atoms. The third-order valence-corrected chi connectivity index (χ3v) is 3.44. The Hall–Kier alpha value is -2.96. The molecular formula is C14H11N3O4. The highest BCUT2D eigenvalue weighted by Crippen LogP contribution is 2.29. The van der Waals surface area contributed by atoms with E-state index < -0.39 is 10.9 Å². The van der Waals surface area contributed by atoms with Gasteiger partial charge in [0.15, 0.2) is 0 Å². The van der Waals surface area contributed by atoms with E-state index in [9.17, 15) is 14.9 Å². The number of anilines is 1. The van der Waals surface area contributed by atoms with Crippen molar-refractivity contribution in [1.82, 2.24) is 4.98 Å². The van der Waals surface area contributed by atoms with Gasteiger partial charge in [-0.3, -0.25) is 10.1 Å². The molecule has 0 aliphatic carbocycles. The topological polar surface area (TPSA) is 96.6 Å². The highest BCUT2D eigenvalue weighted by atomic mass is 16.6. The fourth-order valence-electron chi connectivity index (χ4n) is 2.38. The van der Waals surface area contributed by atoms with Crippen molar-refractivity contribution in [2.24, 2.45) is 0 Å². The van der Waals surface area contributed by atoms with Crippen LogP contribution in [-0.2, 0) is 13.1 Å². The molecule has 106 valence electrons. The molecule has 7 nitrogen and oxygen atoms in total. The van der Waals surface area contributed by atoms with Crippen LogP contribution in [0.3, 0.4) is 0 Å². The normalized spacial score (nSPS) is 13.0. The first-order valence-electron chi connectivity index (χ1n) is 6.25. The van der Waals surface area contributed by atoms with E-state index in [1.165, 1.54) is 18.3 Å². The Bertz CT molecular complexity index is 745. The van der Waals surface area contributed by atoms with Gasteiger partial charge in [-0.05, 0) is 23.3 Å². The largest absolute Gasteiger partial charge is 0.478 e. The minimum Gasteiger partial charge on any atom is -0.478 e. The molecule has 2 heterocycles. The summed E-state index contributed by atoms with van der Waals surface area (Å²) in [5.74, 6) is -0.456. The summed E-state index contributed by atoms with van der Waals surface area (Å²) in [7, 11) is 0. The lowest BCUT2D eigenvalue weighted by Crippen LogP contribution is -2.15. The molecule has 0 radical (unpaired) electrons. The number of nitrogens with zero attached hydrogens (tertiary/aromatic N) is 3. The Morgan fingerprint density at radius 3 is 2.71 bits per heavy atom. The highest BCUT2D eigenvalue weighted by Gasteiger charge is 2.22. The molecule has 1 aromatic heterocycles. The molecule has 1 aromatic carbocycles. The maximum atomic E-state index is 11.0. The lowest BCUT2D eigenvalue weighted by Gasteiger charge is -2.15. The van der Waals surface area contributed by atoms with Gasteiger partial charge in [-0.2, -0.15) is 0 Å². The molecule has 0 unspecified atom stereocenters. The molecule has 1 aliphatic rings. The SMILES string of the molecule is O=C(O)c1ccc2c(c1)CN(c1cc([N+](=O)[O-])ccn1)C2. The van der Waals surface area contributed by atoms with Gasteiger partial charge in [0.05, 0.1) is 16.6 Å². The number of aromatic nitrogens is 1. The number of carbonyl (C=O) groups is 1. The van der Waals surface area contributed by atoms with Gasteiger partial charge in [0.1, 0.15) is 5.82 Å². The van der Waals surface area contributed by atoms with E-state index in [0.29, 0.717) is 18.9 Å². The summed E-state index contributed by atoms with van der Waals surface area (Å²) in [5.41, 5.74) is 2.14. The van der Waals surface area contributed by atoms with Crippen molar-refractivity contribution in [3.8, 4) is 0 Å². The van der Waals surface area contributed by atoms with E-state index in [1.807, 2.05) is 4.90 Å². The molecule has 0 atom stereocenters. The van der Waals surface area contributed by atoms with Gasteiger partial charge in [-0.15, -0.1) is 0 Å². The Morgan fingerprint density at radius 2 is 2.00 bits per heavy atom. The van der Waals surface area contributed by atoms with E-state index >= 15 is 0 Å². The monoisotopic (exact) mass is 285 g/mol. The number of rotatable bonds is 3. The molecule has 0 saturated carbocycles. The lowest BCUT2D eigenvalue weighted by atomic mass is 10.1. The van der Waals surface area contributed by atoms with Gasteiger partial charge in [-0.1, -0.05) is 6.07 Å². The van der Waals surface area contributed by atoms with Crippen LogP contribution in [0.1, 0.15) is 21.5 Å². The molecule has 0 saturated heterocycles. The molecule has 2 aromatic rings. The number of pyridine rings is 1. The van der Waals surface area contributed by atoms with E-state index in [2.05, 4.69) is 4.98 Å². The average Bonchev–Trinajstić information content (AvgIpc) is 2.90. The van der Waals surface area contributed by atoms with Crippen molar-refractivity contribution in [2.75, 3.05) is 4.90 Å². The van der Waals surface area contributed by atoms with E-state index in [4.69, 9.17) is 5.11 Å². The fraction of sp³-hybridized carbons (Fsp3) is 0.143. The van der Waals surface area contributed by atoms with Crippen LogP contribution in [0, 0.1) is 10.1 Å². The summed E-state index contributed by atoms with van der Waals surface area (Å²) in [6.07, 6.45) is 1.40. The van der Waals surface area contributed by atoms with Crippen molar-refractivity contribution >= 4 is 17.5 Å². The first-order valence-corrected chi connectivity index (χ1v) is 6.25. The molecule has 7 heteroatoms. The van der Waals surface area contributed by atoms with Crippen LogP contribution in [0.25, 0.3) is 0 Å². The Labute approximate surface area is 119 Å². The van der Waals surface area contributed by atoms with Gasteiger partial charge < -0.3 is 10.0 Å². The van der Waals surface area contributed by atoms with Crippen molar-refractivity contribution in [3.63, 3.8) is 0 Å². The van der Waals surface area contributed by atoms with Gasteiger partial charge in [0.25, 0.3) is 5.69 Å². The smallest absolute Gasteiger partial charge is 0.335 e. The number of hydrogen-bond donors (Lipinski definition) is 1. The number of benzene rings is 1. The second kappa shape index (κ2) is 4.86. The average molecular weight is 285 g/mol. The van der Waals surface area contributed by atoms with Gasteiger partial charge in [-0.25, -0.2) is 9.78 Å². The number of carboxylic acid groups (broad SMARTS) is 1. The first-order chi connectivity index (χ1) is 10.0. The number of fused-ring (bicyclic) bond motifs is 1.